The number of hydrogen-bond donors (Lipinski definition) is 1. The van der Waals surface area contributed by atoms with Gasteiger partial charge in [-0.1, -0.05) is 13.0 Å². The second kappa shape index (κ2) is 5.74. The molecule has 1 fully saturated rings. The van der Waals surface area contributed by atoms with Crippen LogP contribution >= 0.6 is 0 Å². The van der Waals surface area contributed by atoms with E-state index >= 15 is 0 Å². The summed E-state index contributed by atoms with van der Waals surface area (Å²) < 4.78 is 37.9. The number of rotatable bonds is 2. The Hall–Kier alpha value is -1.07. The summed E-state index contributed by atoms with van der Waals surface area (Å²) in [6.45, 7) is 6.37. The van der Waals surface area contributed by atoms with Crippen molar-refractivity contribution in [2.45, 2.75) is 39.0 Å². The van der Waals surface area contributed by atoms with E-state index in [9.17, 15) is 13.2 Å². The highest BCUT2D eigenvalue weighted by Gasteiger charge is 2.31. The molecule has 1 heterocycles. The Balaban J connectivity index is 2.07. The van der Waals surface area contributed by atoms with Crippen LogP contribution in [0.3, 0.4) is 0 Å². The summed E-state index contributed by atoms with van der Waals surface area (Å²) in [5.74, 6) is 0.429. The molecule has 2 unspecified atom stereocenters. The summed E-state index contributed by atoms with van der Waals surface area (Å²) in [6, 6.07) is 4.23. The van der Waals surface area contributed by atoms with Gasteiger partial charge in [-0.15, -0.1) is 0 Å². The van der Waals surface area contributed by atoms with Gasteiger partial charge in [0.05, 0.1) is 5.56 Å². The molecule has 1 aliphatic rings. The molecule has 2 atom stereocenters. The highest BCUT2D eigenvalue weighted by molar-refractivity contribution is 5.32. The molecule has 2 nitrogen and oxygen atoms in total. The van der Waals surface area contributed by atoms with Crippen molar-refractivity contribution in [3.63, 3.8) is 0 Å². The third kappa shape index (κ3) is 3.52. The molecule has 0 aromatic heterocycles. The second-order valence-electron chi connectivity index (χ2n) is 5.80. The predicted octanol–water partition coefficient (Wildman–Crippen LogP) is 3.18. The number of hydrogen-bond acceptors (Lipinski definition) is 2. The Labute approximate surface area is 117 Å². The van der Waals surface area contributed by atoms with Crippen LogP contribution < -0.4 is 5.73 Å². The van der Waals surface area contributed by atoms with Crippen LogP contribution in [-0.2, 0) is 12.7 Å². The topological polar surface area (TPSA) is 29.3 Å². The van der Waals surface area contributed by atoms with Crippen LogP contribution in [-0.4, -0.2) is 24.0 Å². The molecule has 0 spiro atoms. The maximum absolute atomic E-state index is 12.6. The molecule has 0 saturated carbocycles. The van der Waals surface area contributed by atoms with E-state index in [1.54, 1.807) is 13.0 Å². The number of benzene rings is 1. The molecular formula is C15H21F3N2. The van der Waals surface area contributed by atoms with Crippen LogP contribution in [0.15, 0.2) is 18.2 Å². The van der Waals surface area contributed by atoms with E-state index in [2.05, 4.69) is 11.8 Å². The van der Waals surface area contributed by atoms with Crippen LogP contribution in [0, 0.1) is 12.8 Å². The highest BCUT2D eigenvalue weighted by atomic mass is 19.4. The fraction of sp³-hybridized carbons (Fsp3) is 0.600. The second-order valence-corrected chi connectivity index (χ2v) is 5.80. The van der Waals surface area contributed by atoms with Gasteiger partial charge in [0.1, 0.15) is 0 Å². The maximum Gasteiger partial charge on any atom is 0.416 e. The Morgan fingerprint density at radius 1 is 1.35 bits per heavy atom. The molecule has 1 aromatic rings. The number of halogens is 3. The average Bonchev–Trinajstić information content (AvgIpc) is 2.35. The van der Waals surface area contributed by atoms with Crippen molar-refractivity contribution in [2.75, 3.05) is 13.1 Å². The van der Waals surface area contributed by atoms with E-state index in [1.165, 1.54) is 12.1 Å². The van der Waals surface area contributed by atoms with Crippen molar-refractivity contribution in [3.8, 4) is 0 Å². The zero-order chi connectivity index (χ0) is 14.9. The van der Waals surface area contributed by atoms with Crippen molar-refractivity contribution in [3.05, 3.63) is 34.9 Å². The SMILES string of the molecule is Cc1cc(C(F)(F)F)ccc1CN1CCC(N)C(C)C1. The van der Waals surface area contributed by atoms with Gasteiger partial charge < -0.3 is 5.73 Å². The molecule has 5 heteroatoms. The van der Waals surface area contributed by atoms with E-state index in [1.807, 2.05) is 0 Å². The Morgan fingerprint density at radius 3 is 2.60 bits per heavy atom. The van der Waals surface area contributed by atoms with Crippen molar-refractivity contribution in [2.24, 2.45) is 11.7 Å². The van der Waals surface area contributed by atoms with E-state index in [-0.39, 0.29) is 6.04 Å². The molecule has 112 valence electrons. The van der Waals surface area contributed by atoms with Crippen LogP contribution in [0.1, 0.15) is 30.0 Å². The summed E-state index contributed by atoms with van der Waals surface area (Å²) in [5, 5.41) is 0. The highest BCUT2D eigenvalue weighted by Crippen LogP contribution is 2.31. The van der Waals surface area contributed by atoms with Gasteiger partial charge in [-0.2, -0.15) is 13.2 Å². The van der Waals surface area contributed by atoms with E-state index in [0.717, 1.165) is 25.1 Å². The molecular weight excluding hydrogens is 265 g/mol. The van der Waals surface area contributed by atoms with Gasteiger partial charge in [0.15, 0.2) is 0 Å². The lowest BCUT2D eigenvalue weighted by Crippen LogP contribution is -2.45. The molecule has 2 rings (SSSR count). The quantitative estimate of drug-likeness (QED) is 0.904. The zero-order valence-corrected chi connectivity index (χ0v) is 11.9. The van der Waals surface area contributed by atoms with E-state index in [4.69, 9.17) is 5.73 Å². The number of likely N-dealkylation sites (tertiary alicyclic amines) is 1. The predicted molar refractivity (Wildman–Crippen MR) is 73.2 cm³/mol. The van der Waals surface area contributed by atoms with Gasteiger partial charge in [-0.05, 0) is 49.1 Å². The number of nitrogens with zero attached hydrogens (tertiary/aromatic N) is 1. The molecule has 1 aromatic carbocycles. The third-order valence-electron chi connectivity index (χ3n) is 4.12. The molecule has 0 bridgehead atoms. The first-order chi connectivity index (χ1) is 9.27. The molecule has 0 amide bonds. The Bertz CT molecular complexity index is 471. The largest absolute Gasteiger partial charge is 0.416 e. The number of piperidine rings is 1. The van der Waals surface area contributed by atoms with Gasteiger partial charge in [-0.3, -0.25) is 4.90 Å². The molecule has 1 saturated heterocycles. The van der Waals surface area contributed by atoms with Crippen LogP contribution in [0.5, 0.6) is 0 Å². The van der Waals surface area contributed by atoms with Crippen molar-refractivity contribution in [1.29, 1.82) is 0 Å². The summed E-state index contributed by atoms with van der Waals surface area (Å²) in [4.78, 5) is 2.27. The van der Waals surface area contributed by atoms with Crippen LogP contribution in [0.2, 0.25) is 0 Å². The first kappa shape index (κ1) is 15.3. The standard InChI is InChI=1S/C15H21F3N2/c1-10-7-13(15(16,17)18)4-3-12(10)9-20-6-5-14(19)11(2)8-20/h3-4,7,11,14H,5-6,8-9,19H2,1-2H3. The van der Waals surface area contributed by atoms with Gasteiger partial charge in [0, 0.05) is 19.1 Å². The minimum Gasteiger partial charge on any atom is -0.327 e. The third-order valence-corrected chi connectivity index (χ3v) is 4.12. The summed E-state index contributed by atoms with van der Waals surface area (Å²) in [5.41, 5.74) is 7.06. The van der Waals surface area contributed by atoms with Crippen LogP contribution in [0.4, 0.5) is 13.2 Å². The molecule has 2 N–H and O–H groups in total. The molecule has 0 radical (unpaired) electrons. The number of aryl methyl sites for hydroxylation is 1. The zero-order valence-electron chi connectivity index (χ0n) is 11.9. The number of alkyl halides is 3. The average molecular weight is 286 g/mol. The summed E-state index contributed by atoms with van der Waals surface area (Å²) in [6.07, 6.45) is -3.32. The van der Waals surface area contributed by atoms with Gasteiger partial charge in [0.2, 0.25) is 0 Å². The van der Waals surface area contributed by atoms with Crippen molar-refractivity contribution >= 4 is 0 Å². The molecule has 20 heavy (non-hydrogen) atoms. The fourth-order valence-corrected chi connectivity index (χ4v) is 2.68. The minimum atomic E-state index is -4.27. The van der Waals surface area contributed by atoms with Gasteiger partial charge in [-0.25, -0.2) is 0 Å². The summed E-state index contributed by atoms with van der Waals surface area (Å²) in [7, 11) is 0. The first-order valence-corrected chi connectivity index (χ1v) is 6.92. The van der Waals surface area contributed by atoms with E-state index < -0.39 is 11.7 Å². The first-order valence-electron chi connectivity index (χ1n) is 6.92. The smallest absolute Gasteiger partial charge is 0.327 e. The fourth-order valence-electron chi connectivity index (χ4n) is 2.68. The summed E-state index contributed by atoms with van der Waals surface area (Å²) >= 11 is 0. The normalized spacial score (nSPS) is 24.9. The molecule has 1 aliphatic heterocycles. The Kier molecular flexibility index (Phi) is 4.39. The monoisotopic (exact) mass is 286 g/mol. The maximum atomic E-state index is 12.6. The van der Waals surface area contributed by atoms with Crippen molar-refractivity contribution < 1.29 is 13.2 Å². The Morgan fingerprint density at radius 2 is 2.05 bits per heavy atom. The lowest BCUT2D eigenvalue weighted by molar-refractivity contribution is -0.137. The van der Waals surface area contributed by atoms with Gasteiger partial charge in [0.25, 0.3) is 0 Å². The van der Waals surface area contributed by atoms with E-state index in [0.29, 0.717) is 18.0 Å². The van der Waals surface area contributed by atoms with Gasteiger partial charge >= 0.3 is 6.18 Å². The van der Waals surface area contributed by atoms with Crippen LogP contribution in [0.25, 0.3) is 0 Å². The minimum absolute atomic E-state index is 0.236. The lowest BCUT2D eigenvalue weighted by atomic mass is 9.94. The number of nitrogens with two attached hydrogens (primary N) is 1. The lowest BCUT2D eigenvalue weighted by Gasteiger charge is -2.35. The van der Waals surface area contributed by atoms with Crippen molar-refractivity contribution in [1.82, 2.24) is 4.90 Å². The molecule has 0 aliphatic carbocycles.